The highest BCUT2D eigenvalue weighted by Gasteiger charge is 2.12. The first-order valence-corrected chi connectivity index (χ1v) is 7.67. The molecule has 0 saturated carbocycles. The van der Waals surface area contributed by atoms with Crippen LogP contribution in [0, 0.1) is 19.7 Å². The number of aromatic amines is 1. The SMILES string of the molecule is Cc1ccc2[nH]c(C)c(CCNC(=O)c3ccccc3F)c2c1. The van der Waals surface area contributed by atoms with Gasteiger partial charge in [-0.3, -0.25) is 4.79 Å². The van der Waals surface area contributed by atoms with Crippen LogP contribution in [0.2, 0.25) is 0 Å². The summed E-state index contributed by atoms with van der Waals surface area (Å²) in [6.45, 7) is 4.56. The Kier molecular flexibility index (Phi) is 4.15. The van der Waals surface area contributed by atoms with Gasteiger partial charge in [-0.05, 0) is 50.1 Å². The predicted molar refractivity (Wildman–Crippen MR) is 90.2 cm³/mol. The minimum Gasteiger partial charge on any atom is -0.358 e. The summed E-state index contributed by atoms with van der Waals surface area (Å²) in [6.07, 6.45) is 0.704. The van der Waals surface area contributed by atoms with Gasteiger partial charge in [-0.2, -0.15) is 0 Å². The van der Waals surface area contributed by atoms with Gasteiger partial charge in [-0.25, -0.2) is 4.39 Å². The number of benzene rings is 2. The number of hydrogen-bond donors (Lipinski definition) is 2. The molecule has 0 aliphatic rings. The topological polar surface area (TPSA) is 44.9 Å². The van der Waals surface area contributed by atoms with E-state index in [2.05, 4.69) is 35.4 Å². The maximum Gasteiger partial charge on any atom is 0.254 e. The van der Waals surface area contributed by atoms with Crippen molar-refractivity contribution in [1.82, 2.24) is 10.3 Å². The smallest absolute Gasteiger partial charge is 0.254 e. The summed E-state index contributed by atoms with van der Waals surface area (Å²) in [5, 5.41) is 3.97. The van der Waals surface area contributed by atoms with Crippen LogP contribution < -0.4 is 5.32 Å². The zero-order valence-electron chi connectivity index (χ0n) is 13.2. The lowest BCUT2D eigenvalue weighted by Gasteiger charge is -2.07. The lowest BCUT2D eigenvalue weighted by molar-refractivity contribution is 0.0950. The molecule has 118 valence electrons. The first-order valence-electron chi connectivity index (χ1n) is 7.67. The molecule has 2 N–H and O–H groups in total. The maximum absolute atomic E-state index is 13.6. The second-order valence-electron chi connectivity index (χ2n) is 5.76. The number of nitrogens with one attached hydrogen (secondary N) is 2. The van der Waals surface area contributed by atoms with E-state index in [9.17, 15) is 9.18 Å². The van der Waals surface area contributed by atoms with Crippen molar-refractivity contribution in [2.45, 2.75) is 20.3 Å². The Balaban J connectivity index is 1.72. The van der Waals surface area contributed by atoms with Crippen LogP contribution in [-0.4, -0.2) is 17.4 Å². The number of carbonyl (C=O) groups is 1. The van der Waals surface area contributed by atoms with Crippen molar-refractivity contribution in [2.75, 3.05) is 6.54 Å². The number of aromatic nitrogens is 1. The molecule has 3 nitrogen and oxygen atoms in total. The van der Waals surface area contributed by atoms with Gasteiger partial charge < -0.3 is 10.3 Å². The van der Waals surface area contributed by atoms with Crippen LogP contribution in [-0.2, 0) is 6.42 Å². The third-order valence-electron chi connectivity index (χ3n) is 4.05. The third-order valence-corrected chi connectivity index (χ3v) is 4.05. The molecule has 0 aliphatic heterocycles. The van der Waals surface area contributed by atoms with Crippen molar-refractivity contribution in [3.63, 3.8) is 0 Å². The Bertz CT molecular complexity index is 867. The zero-order valence-corrected chi connectivity index (χ0v) is 13.2. The molecule has 1 heterocycles. The Morgan fingerprint density at radius 2 is 1.96 bits per heavy atom. The summed E-state index contributed by atoms with van der Waals surface area (Å²) in [7, 11) is 0. The summed E-state index contributed by atoms with van der Waals surface area (Å²) in [6, 6.07) is 12.3. The molecular formula is C19H19FN2O. The second kappa shape index (κ2) is 6.24. The Morgan fingerprint density at radius 1 is 1.17 bits per heavy atom. The van der Waals surface area contributed by atoms with Crippen LogP contribution in [0.1, 0.15) is 27.2 Å². The fourth-order valence-corrected chi connectivity index (χ4v) is 2.86. The summed E-state index contributed by atoms with van der Waals surface area (Å²) >= 11 is 0. The number of fused-ring (bicyclic) bond motifs is 1. The molecule has 0 bridgehead atoms. The Morgan fingerprint density at radius 3 is 2.74 bits per heavy atom. The van der Waals surface area contributed by atoms with Gasteiger partial charge in [0.25, 0.3) is 5.91 Å². The summed E-state index contributed by atoms with van der Waals surface area (Å²) < 4.78 is 13.6. The van der Waals surface area contributed by atoms with E-state index in [0.29, 0.717) is 13.0 Å². The molecule has 1 aromatic heterocycles. The average molecular weight is 310 g/mol. The largest absolute Gasteiger partial charge is 0.358 e. The number of hydrogen-bond acceptors (Lipinski definition) is 1. The number of amides is 1. The van der Waals surface area contributed by atoms with E-state index in [1.807, 2.05) is 6.92 Å². The van der Waals surface area contributed by atoms with E-state index < -0.39 is 5.82 Å². The van der Waals surface area contributed by atoms with Crippen LogP contribution in [0.25, 0.3) is 10.9 Å². The molecule has 0 aliphatic carbocycles. The van der Waals surface area contributed by atoms with Crippen LogP contribution in [0.5, 0.6) is 0 Å². The minimum atomic E-state index is -0.496. The number of carbonyl (C=O) groups excluding carboxylic acids is 1. The molecule has 4 heteroatoms. The van der Waals surface area contributed by atoms with Gasteiger partial charge in [0.15, 0.2) is 0 Å². The van der Waals surface area contributed by atoms with Gasteiger partial charge in [0.1, 0.15) is 5.82 Å². The summed E-state index contributed by atoms with van der Waals surface area (Å²) in [5.74, 6) is -0.874. The molecule has 0 atom stereocenters. The maximum atomic E-state index is 13.6. The molecule has 0 saturated heterocycles. The van der Waals surface area contributed by atoms with Gasteiger partial charge in [-0.1, -0.05) is 23.8 Å². The normalized spacial score (nSPS) is 10.9. The summed E-state index contributed by atoms with van der Waals surface area (Å²) in [4.78, 5) is 15.4. The van der Waals surface area contributed by atoms with Crippen molar-refractivity contribution in [3.05, 3.63) is 70.7 Å². The van der Waals surface area contributed by atoms with Crippen molar-refractivity contribution in [2.24, 2.45) is 0 Å². The van der Waals surface area contributed by atoms with E-state index in [0.717, 1.165) is 11.2 Å². The number of aryl methyl sites for hydroxylation is 2. The molecule has 3 aromatic rings. The molecule has 23 heavy (non-hydrogen) atoms. The molecule has 0 unspecified atom stereocenters. The van der Waals surface area contributed by atoms with Gasteiger partial charge in [0, 0.05) is 23.1 Å². The molecule has 0 fully saturated rings. The monoisotopic (exact) mass is 310 g/mol. The summed E-state index contributed by atoms with van der Waals surface area (Å²) in [5.41, 5.74) is 4.68. The van der Waals surface area contributed by atoms with Crippen LogP contribution in [0.15, 0.2) is 42.5 Å². The first kappa shape index (κ1) is 15.3. The van der Waals surface area contributed by atoms with Crippen molar-refractivity contribution in [1.29, 1.82) is 0 Å². The van der Waals surface area contributed by atoms with E-state index >= 15 is 0 Å². The highest BCUT2D eigenvalue weighted by atomic mass is 19.1. The third kappa shape index (κ3) is 3.11. The van der Waals surface area contributed by atoms with Gasteiger partial charge in [0.05, 0.1) is 5.56 Å². The van der Waals surface area contributed by atoms with Crippen molar-refractivity contribution < 1.29 is 9.18 Å². The van der Waals surface area contributed by atoms with Crippen LogP contribution in [0.3, 0.4) is 0 Å². The van der Waals surface area contributed by atoms with E-state index in [1.54, 1.807) is 12.1 Å². The molecule has 0 radical (unpaired) electrons. The van der Waals surface area contributed by atoms with Crippen molar-refractivity contribution >= 4 is 16.8 Å². The lowest BCUT2D eigenvalue weighted by atomic mass is 10.1. The molecule has 1 amide bonds. The zero-order chi connectivity index (χ0) is 16.4. The standard InChI is InChI=1S/C19H19FN2O/c1-12-7-8-18-16(11-12)14(13(2)22-18)9-10-21-19(23)15-5-3-4-6-17(15)20/h3-8,11,22H,9-10H2,1-2H3,(H,21,23). The highest BCUT2D eigenvalue weighted by Crippen LogP contribution is 2.23. The van der Waals surface area contributed by atoms with Gasteiger partial charge in [0.2, 0.25) is 0 Å². The van der Waals surface area contributed by atoms with Crippen LogP contribution in [0.4, 0.5) is 4.39 Å². The quantitative estimate of drug-likeness (QED) is 0.754. The minimum absolute atomic E-state index is 0.0824. The van der Waals surface area contributed by atoms with Gasteiger partial charge in [-0.15, -0.1) is 0 Å². The fraction of sp³-hybridized carbons (Fsp3) is 0.211. The molecule has 2 aromatic carbocycles. The Hall–Kier alpha value is -2.62. The predicted octanol–water partition coefficient (Wildman–Crippen LogP) is 3.90. The van der Waals surface area contributed by atoms with E-state index in [4.69, 9.17) is 0 Å². The number of rotatable bonds is 4. The number of halogens is 1. The average Bonchev–Trinajstić information content (AvgIpc) is 2.83. The second-order valence-corrected chi connectivity index (χ2v) is 5.76. The fourth-order valence-electron chi connectivity index (χ4n) is 2.86. The van der Waals surface area contributed by atoms with Crippen molar-refractivity contribution in [3.8, 4) is 0 Å². The first-order chi connectivity index (χ1) is 11.1. The van der Waals surface area contributed by atoms with Crippen LogP contribution >= 0.6 is 0 Å². The lowest BCUT2D eigenvalue weighted by Crippen LogP contribution is -2.26. The molecule has 3 rings (SSSR count). The Labute approximate surface area is 134 Å². The molecular weight excluding hydrogens is 291 g/mol. The number of H-pyrrole nitrogens is 1. The van der Waals surface area contributed by atoms with Gasteiger partial charge >= 0.3 is 0 Å². The van der Waals surface area contributed by atoms with E-state index in [1.165, 1.54) is 28.6 Å². The highest BCUT2D eigenvalue weighted by molar-refractivity contribution is 5.94. The molecule has 0 spiro atoms. The van der Waals surface area contributed by atoms with E-state index in [-0.39, 0.29) is 11.5 Å².